The van der Waals surface area contributed by atoms with E-state index in [0.717, 1.165) is 5.92 Å². The smallest absolute Gasteiger partial charge is 0.00908 e. The van der Waals surface area contributed by atoms with Gasteiger partial charge in [0.25, 0.3) is 0 Å². The number of rotatable bonds is 3. The van der Waals surface area contributed by atoms with Crippen LogP contribution in [0.3, 0.4) is 0 Å². The minimum Gasteiger partial charge on any atom is -0.328 e. The fourth-order valence-electron chi connectivity index (χ4n) is 1.81. The van der Waals surface area contributed by atoms with Crippen molar-refractivity contribution in [1.82, 2.24) is 5.32 Å². The molecule has 1 atom stereocenters. The lowest BCUT2D eigenvalue weighted by molar-refractivity contribution is 0.199. The van der Waals surface area contributed by atoms with Crippen molar-refractivity contribution >= 4 is 0 Å². The van der Waals surface area contributed by atoms with Gasteiger partial charge in [-0.15, -0.1) is 0 Å². The fourth-order valence-corrected chi connectivity index (χ4v) is 1.81. The number of hydrogen-bond acceptors (Lipinski definition) is 2. The van der Waals surface area contributed by atoms with Gasteiger partial charge in [0.15, 0.2) is 0 Å². The van der Waals surface area contributed by atoms with Crippen molar-refractivity contribution in [3.8, 4) is 0 Å². The molecule has 0 radical (unpaired) electrons. The Balaban J connectivity index is 2.21. The van der Waals surface area contributed by atoms with Crippen LogP contribution in [0.5, 0.6) is 0 Å². The summed E-state index contributed by atoms with van der Waals surface area (Å²) in [4.78, 5) is 0. The van der Waals surface area contributed by atoms with Crippen LogP contribution < -0.4 is 11.1 Å². The Bertz CT molecular complexity index is 93.4. The summed E-state index contributed by atoms with van der Waals surface area (Å²) in [5.74, 6) is 0.852. The van der Waals surface area contributed by atoms with Gasteiger partial charge in [0.1, 0.15) is 0 Å². The minimum atomic E-state index is 0.493. The van der Waals surface area contributed by atoms with Crippen molar-refractivity contribution in [3.05, 3.63) is 0 Å². The van der Waals surface area contributed by atoms with Gasteiger partial charge >= 0.3 is 0 Å². The van der Waals surface area contributed by atoms with Crippen molar-refractivity contribution in [2.75, 3.05) is 7.05 Å². The molecule has 60 valence electrons. The highest BCUT2D eigenvalue weighted by molar-refractivity contribution is 4.88. The van der Waals surface area contributed by atoms with Crippen molar-refractivity contribution < 1.29 is 0 Å². The van der Waals surface area contributed by atoms with Crippen LogP contribution in [0.1, 0.15) is 26.2 Å². The molecule has 0 aromatic carbocycles. The average molecular weight is 142 g/mol. The van der Waals surface area contributed by atoms with E-state index in [1.54, 1.807) is 0 Å². The van der Waals surface area contributed by atoms with Gasteiger partial charge in [-0.05, 0) is 32.2 Å². The highest BCUT2D eigenvalue weighted by Gasteiger charge is 2.30. The van der Waals surface area contributed by atoms with Gasteiger partial charge in [-0.1, -0.05) is 6.92 Å². The van der Waals surface area contributed by atoms with E-state index in [-0.39, 0.29) is 0 Å². The number of nitrogens with two attached hydrogens (primary N) is 1. The predicted octanol–water partition coefficient (Wildman–Crippen LogP) is 0.722. The lowest BCUT2D eigenvalue weighted by Gasteiger charge is -2.38. The number of hydrogen-bond donors (Lipinski definition) is 2. The molecule has 1 saturated carbocycles. The molecule has 10 heavy (non-hydrogen) atoms. The van der Waals surface area contributed by atoms with E-state index in [2.05, 4.69) is 12.2 Å². The maximum atomic E-state index is 5.69. The summed E-state index contributed by atoms with van der Waals surface area (Å²) >= 11 is 0. The quantitative estimate of drug-likeness (QED) is 0.609. The second kappa shape index (κ2) is 3.35. The fraction of sp³-hybridized carbons (Fsp3) is 1.00. The Labute approximate surface area is 63.2 Å². The monoisotopic (exact) mass is 142 g/mol. The molecule has 2 heteroatoms. The van der Waals surface area contributed by atoms with E-state index >= 15 is 0 Å². The normalized spacial score (nSPS) is 35.1. The van der Waals surface area contributed by atoms with Gasteiger partial charge in [0.05, 0.1) is 0 Å². The van der Waals surface area contributed by atoms with Crippen molar-refractivity contribution in [2.45, 2.75) is 38.3 Å². The van der Waals surface area contributed by atoms with Gasteiger partial charge in [0.2, 0.25) is 0 Å². The van der Waals surface area contributed by atoms with E-state index < -0.39 is 0 Å². The van der Waals surface area contributed by atoms with Crippen molar-refractivity contribution in [3.63, 3.8) is 0 Å². The molecule has 0 saturated heterocycles. The topological polar surface area (TPSA) is 38.0 Å². The van der Waals surface area contributed by atoms with Crippen LogP contribution in [-0.4, -0.2) is 19.1 Å². The molecule has 0 spiro atoms. The van der Waals surface area contributed by atoms with Crippen LogP contribution in [0.15, 0.2) is 0 Å². The summed E-state index contributed by atoms with van der Waals surface area (Å²) in [5, 5.41) is 3.32. The first kappa shape index (κ1) is 8.02. The molecule has 0 aromatic rings. The molecule has 0 aromatic heterocycles. The lowest BCUT2D eigenvalue weighted by Crippen LogP contribution is -2.46. The largest absolute Gasteiger partial charge is 0.328 e. The molecule has 3 N–H and O–H groups in total. The molecule has 2 nitrogen and oxygen atoms in total. The SMILES string of the molecule is CCC(NC)C1CC(N)C1. The van der Waals surface area contributed by atoms with E-state index in [0.29, 0.717) is 12.1 Å². The van der Waals surface area contributed by atoms with Crippen LogP contribution in [0, 0.1) is 5.92 Å². The van der Waals surface area contributed by atoms with Crippen LogP contribution in [0.25, 0.3) is 0 Å². The summed E-state index contributed by atoms with van der Waals surface area (Å²) in [6.07, 6.45) is 3.67. The molecule has 1 unspecified atom stereocenters. The summed E-state index contributed by atoms with van der Waals surface area (Å²) < 4.78 is 0. The lowest BCUT2D eigenvalue weighted by atomic mass is 9.75. The molecule has 0 aliphatic heterocycles. The Hall–Kier alpha value is -0.0800. The molecular weight excluding hydrogens is 124 g/mol. The summed E-state index contributed by atoms with van der Waals surface area (Å²) in [7, 11) is 2.04. The van der Waals surface area contributed by atoms with Crippen LogP contribution in [0.4, 0.5) is 0 Å². The molecule has 0 bridgehead atoms. The Kier molecular flexibility index (Phi) is 2.69. The first-order valence-corrected chi connectivity index (χ1v) is 4.20. The zero-order valence-electron chi connectivity index (χ0n) is 6.93. The molecule has 0 heterocycles. The molecule has 1 aliphatic rings. The van der Waals surface area contributed by atoms with Crippen molar-refractivity contribution in [1.29, 1.82) is 0 Å². The van der Waals surface area contributed by atoms with E-state index in [9.17, 15) is 0 Å². The highest BCUT2D eigenvalue weighted by Crippen LogP contribution is 2.29. The first-order chi connectivity index (χ1) is 4.77. The molecule has 0 amide bonds. The van der Waals surface area contributed by atoms with Gasteiger partial charge in [-0.25, -0.2) is 0 Å². The Morgan fingerprint density at radius 3 is 2.50 bits per heavy atom. The third-order valence-corrected chi connectivity index (χ3v) is 2.59. The average Bonchev–Trinajstić information content (AvgIpc) is 1.87. The summed E-state index contributed by atoms with van der Waals surface area (Å²) in [6.45, 7) is 2.23. The Morgan fingerprint density at radius 2 is 2.20 bits per heavy atom. The second-order valence-corrected chi connectivity index (χ2v) is 3.29. The maximum absolute atomic E-state index is 5.69. The third-order valence-electron chi connectivity index (χ3n) is 2.59. The Morgan fingerprint density at radius 1 is 1.60 bits per heavy atom. The van der Waals surface area contributed by atoms with Crippen LogP contribution >= 0.6 is 0 Å². The zero-order valence-corrected chi connectivity index (χ0v) is 6.93. The first-order valence-electron chi connectivity index (χ1n) is 4.20. The van der Waals surface area contributed by atoms with Gasteiger partial charge in [-0.2, -0.15) is 0 Å². The molecule has 1 rings (SSSR count). The molecule has 1 aliphatic carbocycles. The van der Waals surface area contributed by atoms with Gasteiger partial charge in [-0.3, -0.25) is 0 Å². The summed E-state index contributed by atoms with van der Waals surface area (Å²) in [5.41, 5.74) is 5.69. The zero-order chi connectivity index (χ0) is 7.56. The van der Waals surface area contributed by atoms with Crippen LogP contribution in [0.2, 0.25) is 0 Å². The van der Waals surface area contributed by atoms with Crippen molar-refractivity contribution in [2.24, 2.45) is 11.7 Å². The maximum Gasteiger partial charge on any atom is 0.00908 e. The standard InChI is InChI=1S/C8H18N2/c1-3-8(10-2)6-4-7(9)5-6/h6-8,10H,3-5,9H2,1-2H3. The van der Waals surface area contributed by atoms with Crippen LogP contribution in [-0.2, 0) is 0 Å². The van der Waals surface area contributed by atoms with Gasteiger partial charge < -0.3 is 11.1 Å². The van der Waals surface area contributed by atoms with Gasteiger partial charge in [0, 0.05) is 12.1 Å². The summed E-state index contributed by atoms with van der Waals surface area (Å²) in [6, 6.07) is 1.20. The van der Waals surface area contributed by atoms with E-state index in [1.807, 2.05) is 7.05 Å². The minimum absolute atomic E-state index is 0.493. The van der Waals surface area contributed by atoms with E-state index in [1.165, 1.54) is 19.3 Å². The highest BCUT2D eigenvalue weighted by atomic mass is 14.9. The van der Waals surface area contributed by atoms with E-state index in [4.69, 9.17) is 5.73 Å². The number of nitrogens with one attached hydrogen (secondary N) is 1. The predicted molar refractivity (Wildman–Crippen MR) is 43.8 cm³/mol. The molecular formula is C8H18N2. The molecule has 1 fully saturated rings. The third kappa shape index (κ3) is 1.50. The second-order valence-electron chi connectivity index (χ2n) is 3.29.